The summed E-state index contributed by atoms with van der Waals surface area (Å²) in [5.41, 5.74) is 3.84. The summed E-state index contributed by atoms with van der Waals surface area (Å²) < 4.78 is 3.79. The first kappa shape index (κ1) is 21.1. The van der Waals surface area contributed by atoms with E-state index in [0.29, 0.717) is 6.42 Å². The van der Waals surface area contributed by atoms with E-state index < -0.39 is 0 Å². The summed E-state index contributed by atoms with van der Waals surface area (Å²) in [6.45, 7) is 0.855. The largest absolute Gasteiger partial charge is 0.280 e. The van der Waals surface area contributed by atoms with Gasteiger partial charge in [0.05, 0.1) is 17.2 Å². The average Bonchev–Trinajstić information content (AvgIpc) is 3.47. The van der Waals surface area contributed by atoms with Gasteiger partial charge in [0.15, 0.2) is 0 Å². The van der Waals surface area contributed by atoms with Gasteiger partial charge in [-0.15, -0.1) is 5.10 Å². The van der Waals surface area contributed by atoms with Crippen LogP contribution in [0.25, 0.3) is 33.1 Å². The van der Waals surface area contributed by atoms with Gasteiger partial charge >= 0.3 is 0 Å². The van der Waals surface area contributed by atoms with Crippen molar-refractivity contribution in [2.75, 3.05) is 0 Å². The molecule has 0 saturated carbocycles. The van der Waals surface area contributed by atoms with Crippen molar-refractivity contribution >= 4 is 27.7 Å². The molecule has 0 aliphatic carbocycles. The maximum absolute atomic E-state index is 13.1. The quantitative estimate of drug-likeness (QED) is 0.260. The minimum absolute atomic E-state index is 0.179. The van der Waals surface area contributed by atoms with Crippen LogP contribution in [0.2, 0.25) is 0 Å². The number of aryl methyl sites for hydroxylation is 1. The van der Waals surface area contributed by atoms with E-state index in [4.69, 9.17) is 0 Å². The van der Waals surface area contributed by atoms with Crippen LogP contribution in [0.3, 0.4) is 0 Å². The van der Waals surface area contributed by atoms with Gasteiger partial charge < -0.3 is 0 Å². The number of benzene rings is 2. The number of fused-ring (bicyclic) bond motifs is 3. The van der Waals surface area contributed by atoms with Crippen LogP contribution < -0.4 is 0 Å². The number of carbonyl (C=O) groups excluding carboxylic acids is 1. The van der Waals surface area contributed by atoms with Gasteiger partial charge in [-0.3, -0.25) is 19.0 Å². The van der Waals surface area contributed by atoms with E-state index in [1.165, 1.54) is 0 Å². The van der Waals surface area contributed by atoms with E-state index in [1.807, 2.05) is 64.0 Å². The van der Waals surface area contributed by atoms with Crippen molar-refractivity contribution in [3.8, 4) is 11.3 Å². The number of nitrogens with zero attached hydrogens (tertiary/aromatic N) is 5. The number of rotatable bonds is 9. The van der Waals surface area contributed by atoms with Crippen molar-refractivity contribution in [2.45, 2.75) is 45.1 Å². The van der Waals surface area contributed by atoms with Crippen molar-refractivity contribution in [1.82, 2.24) is 24.5 Å². The molecule has 0 fully saturated rings. The molecule has 0 atom stereocenters. The second-order valence-electron chi connectivity index (χ2n) is 8.39. The second kappa shape index (κ2) is 9.77. The van der Waals surface area contributed by atoms with E-state index in [0.717, 1.165) is 71.7 Å². The summed E-state index contributed by atoms with van der Waals surface area (Å²) in [5, 5.41) is 10.7. The molecule has 3 heterocycles. The Morgan fingerprint density at radius 3 is 2.21 bits per heavy atom. The summed E-state index contributed by atoms with van der Waals surface area (Å²) in [6.07, 6.45) is 11.4. The Balaban J connectivity index is 1.09. The summed E-state index contributed by atoms with van der Waals surface area (Å²) in [7, 11) is 0. The van der Waals surface area contributed by atoms with Crippen molar-refractivity contribution in [1.29, 1.82) is 0 Å². The lowest BCUT2D eigenvalue weighted by Crippen LogP contribution is -2.09. The highest BCUT2D eigenvalue weighted by Crippen LogP contribution is 2.29. The van der Waals surface area contributed by atoms with E-state index in [-0.39, 0.29) is 5.91 Å². The first-order chi connectivity index (χ1) is 16.3. The minimum atomic E-state index is 0.179. The monoisotopic (exact) mass is 437 g/mol. The summed E-state index contributed by atoms with van der Waals surface area (Å²) in [4.78, 5) is 17.2. The maximum Gasteiger partial charge on any atom is 0.231 e. The molecule has 3 aromatic heterocycles. The van der Waals surface area contributed by atoms with Gasteiger partial charge in [0.1, 0.15) is 5.69 Å². The van der Waals surface area contributed by atoms with Gasteiger partial charge in [-0.2, -0.15) is 0 Å². The van der Waals surface area contributed by atoms with Gasteiger partial charge in [0.2, 0.25) is 5.91 Å². The van der Waals surface area contributed by atoms with E-state index >= 15 is 0 Å². The predicted octanol–water partition coefficient (Wildman–Crippen LogP) is 6.13. The van der Waals surface area contributed by atoms with Crippen LogP contribution in [0.1, 0.15) is 43.3 Å². The Morgan fingerprint density at radius 2 is 1.48 bits per heavy atom. The predicted molar refractivity (Wildman–Crippen MR) is 131 cm³/mol. The number of carbonyl (C=O) groups is 1. The van der Waals surface area contributed by atoms with Crippen LogP contribution >= 0.6 is 0 Å². The molecular formula is C27H27N5O. The Morgan fingerprint density at radius 1 is 0.788 bits per heavy atom. The zero-order valence-corrected chi connectivity index (χ0v) is 18.6. The minimum Gasteiger partial charge on any atom is -0.280 e. The molecule has 0 spiro atoms. The Bertz CT molecular complexity index is 1320. The van der Waals surface area contributed by atoms with Crippen LogP contribution in [-0.4, -0.2) is 30.5 Å². The Labute approximate surface area is 192 Å². The standard InChI is InChI=1S/C27H27N5O/c33-27(32-25-14-7-5-12-22(25)23-13-6-8-15-26(23)32)16-4-2-1-3-9-18-31-20-24(29-30-31)21-11-10-17-28-19-21/h5-8,10-15,17,19-20H,1-4,9,16,18H2. The lowest BCUT2D eigenvalue weighted by atomic mass is 10.1. The van der Waals surface area contributed by atoms with E-state index in [9.17, 15) is 4.79 Å². The molecule has 0 aliphatic rings. The highest BCUT2D eigenvalue weighted by Gasteiger charge is 2.14. The first-order valence-corrected chi connectivity index (χ1v) is 11.6. The van der Waals surface area contributed by atoms with Gasteiger partial charge in [0, 0.05) is 41.7 Å². The Hall–Kier alpha value is -3.80. The molecule has 0 bridgehead atoms. The molecule has 5 aromatic rings. The fourth-order valence-corrected chi connectivity index (χ4v) is 4.44. The molecule has 0 N–H and O–H groups in total. The van der Waals surface area contributed by atoms with Gasteiger partial charge in [-0.05, 0) is 37.1 Å². The summed E-state index contributed by atoms with van der Waals surface area (Å²) in [6, 6.07) is 20.2. The van der Waals surface area contributed by atoms with Gasteiger partial charge in [-0.1, -0.05) is 60.9 Å². The average molecular weight is 438 g/mol. The molecule has 0 amide bonds. The highest BCUT2D eigenvalue weighted by molar-refractivity contribution is 6.13. The molecule has 6 nitrogen and oxygen atoms in total. The SMILES string of the molecule is O=C(CCCCCCCn1cc(-c2cccnc2)nn1)n1c2ccccc2c2ccccc21. The number of para-hydroxylation sites is 2. The van der Waals surface area contributed by atoms with Crippen LogP contribution in [0.4, 0.5) is 0 Å². The number of hydrogen-bond acceptors (Lipinski definition) is 4. The third-order valence-electron chi connectivity index (χ3n) is 6.10. The lowest BCUT2D eigenvalue weighted by Gasteiger charge is -2.06. The second-order valence-corrected chi connectivity index (χ2v) is 8.39. The molecule has 2 aromatic carbocycles. The van der Waals surface area contributed by atoms with Crippen LogP contribution in [0.15, 0.2) is 79.3 Å². The number of pyridine rings is 1. The third-order valence-corrected chi connectivity index (χ3v) is 6.10. The van der Waals surface area contributed by atoms with Crippen molar-refractivity contribution in [2.24, 2.45) is 0 Å². The van der Waals surface area contributed by atoms with Crippen molar-refractivity contribution < 1.29 is 4.79 Å². The fraction of sp³-hybridized carbons (Fsp3) is 0.259. The van der Waals surface area contributed by atoms with Crippen molar-refractivity contribution in [3.63, 3.8) is 0 Å². The smallest absolute Gasteiger partial charge is 0.231 e. The molecule has 5 rings (SSSR count). The zero-order chi connectivity index (χ0) is 22.5. The zero-order valence-electron chi connectivity index (χ0n) is 18.6. The van der Waals surface area contributed by atoms with E-state index in [1.54, 1.807) is 12.4 Å². The molecular weight excluding hydrogens is 410 g/mol. The third kappa shape index (κ3) is 4.55. The molecule has 0 saturated heterocycles. The fourth-order valence-electron chi connectivity index (χ4n) is 4.44. The summed E-state index contributed by atoms with van der Waals surface area (Å²) >= 11 is 0. The number of hydrogen-bond donors (Lipinski definition) is 0. The lowest BCUT2D eigenvalue weighted by molar-refractivity contribution is 0.0909. The summed E-state index contributed by atoms with van der Waals surface area (Å²) in [5.74, 6) is 0.179. The Kier molecular flexibility index (Phi) is 6.24. The number of unbranched alkanes of at least 4 members (excludes halogenated alkanes) is 4. The van der Waals surface area contributed by atoms with Crippen molar-refractivity contribution in [3.05, 3.63) is 79.3 Å². The highest BCUT2D eigenvalue weighted by atomic mass is 16.2. The molecule has 166 valence electrons. The molecule has 33 heavy (non-hydrogen) atoms. The number of aromatic nitrogens is 5. The molecule has 0 aliphatic heterocycles. The van der Waals surface area contributed by atoms with Gasteiger partial charge in [-0.25, -0.2) is 0 Å². The van der Waals surface area contributed by atoms with Crippen LogP contribution in [0, 0.1) is 0 Å². The normalized spacial score (nSPS) is 11.4. The van der Waals surface area contributed by atoms with Crippen LogP contribution in [0.5, 0.6) is 0 Å². The van der Waals surface area contributed by atoms with Crippen LogP contribution in [-0.2, 0) is 6.54 Å². The topological polar surface area (TPSA) is 65.6 Å². The van der Waals surface area contributed by atoms with Gasteiger partial charge in [0.25, 0.3) is 0 Å². The van der Waals surface area contributed by atoms with E-state index in [2.05, 4.69) is 27.4 Å². The molecule has 6 heteroatoms. The first-order valence-electron chi connectivity index (χ1n) is 11.6. The maximum atomic E-state index is 13.1. The molecule has 0 unspecified atom stereocenters. The molecule has 0 radical (unpaired) electrons.